The normalized spacial score (nSPS) is 54.2. The molecule has 29 heavy (non-hydrogen) atoms. The van der Waals surface area contributed by atoms with E-state index in [9.17, 15) is 10.2 Å². The zero-order valence-corrected chi connectivity index (χ0v) is 19.5. The van der Waals surface area contributed by atoms with Gasteiger partial charge in [0.05, 0.1) is 11.7 Å². The molecule has 10 atom stereocenters. The molecule has 2 heteroatoms. The van der Waals surface area contributed by atoms with Crippen LogP contribution in [0.1, 0.15) is 105 Å². The van der Waals surface area contributed by atoms with Gasteiger partial charge in [0.1, 0.15) is 0 Å². The first-order valence-electron chi connectivity index (χ1n) is 13.1. The van der Waals surface area contributed by atoms with Gasteiger partial charge in [0, 0.05) is 0 Å². The monoisotopic (exact) mass is 402 g/mol. The standard InChI is InChI=1S/C27H46O2/c1-5-27(29)15-14-25(3)19(16-27)8-9-20-22-11-10-21(17(2)24(28)18-6-7-18)26(22,4)13-12-23(20)25/h17-24,28-29H,5-16H2,1-4H3/t17-,19-,20-,21?,22-,23-,24+,25-,26+,27-/m0/s1. The highest BCUT2D eigenvalue weighted by atomic mass is 16.3. The Labute approximate surface area is 179 Å². The van der Waals surface area contributed by atoms with Gasteiger partial charge in [0.25, 0.3) is 0 Å². The van der Waals surface area contributed by atoms with Crippen molar-refractivity contribution in [2.75, 3.05) is 0 Å². The topological polar surface area (TPSA) is 40.5 Å². The average Bonchev–Trinajstić information content (AvgIpc) is 3.49. The first-order chi connectivity index (χ1) is 13.7. The van der Waals surface area contributed by atoms with Crippen LogP contribution in [0.4, 0.5) is 0 Å². The van der Waals surface area contributed by atoms with Crippen LogP contribution in [0, 0.1) is 52.3 Å². The van der Waals surface area contributed by atoms with Gasteiger partial charge in [-0.05, 0) is 129 Å². The number of hydrogen-bond acceptors (Lipinski definition) is 2. The van der Waals surface area contributed by atoms with Gasteiger partial charge in [-0.15, -0.1) is 0 Å². The Balaban J connectivity index is 1.35. The van der Waals surface area contributed by atoms with E-state index < -0.39 is 0 Å². The fourth-order valence-electron chi connectivity index (χ4n) is 9.65. The van der Waals surface area contributed by atoms with Crippen LogP contribution in [-0.2, 0) is 0 Å². The Bertz CT molecular complexity index is 628. The lowest BCUT2D eigenvalue weighted by molar-refractivity contribution is -0.154. The molecule has 0 aromatic carbocycles. The zero-order chi connectivity index (χ0) is 20.6. The van der Waals surface area contributed by atoms with E-state index >= 15 is 0 Å². The van der Waals surface area contributed by atoms with Gasteiger partial charge in [-0.3, -0.25) is 0 Å². The van der Waals surface area contributed by atoms with Gasteiger partial charge in [-0.25, -0.2) is 0 Å². The highest BCUT2D eigenvalue weighted by Gasteiger charge is 2.62. The highest BCUT2D eigenvalue weighted by Crippen LogP contribution is 2.69. The van der Waals surface area contributed by atoms with Crippen molar-refractivity contribution in [1.29, 1.82) is 0 Å². The molecular formula is C27H46O2. The van der Waals surface area contributed by atoms with Crippen molar-refractivity contribution in [3.05, 3.63) is 0 Å². The molecule has 0 amide bonds. The number of fused-ring (bicyclic) bond motifs is 5. The maximum absolute atomic E-state index is 11.0. The summed E-state index contributed by atoms with van der Waals surface area (Å²) >= 11 is 0. The van der Waals surface area contributed by atoms with Crippen molar-refractivity contribution in [1.82, 2.24) is 0 Å². The quantitative estimate of drug-likeness (QED) is 0.588. The molecule has 0 radical (unpaired) electrons. The van der Waals surface area contributed by atoms with Gasteiger partial charge in [0.15, 0.2) is 0 Å². The van der Waals surface area contributed by atoms with Crippen LogP contribution in [0.15, 0.2) is 0 Å². The number of aliphatic hydroxyl groups excluding tert-OH is 1. The molecule has 166 valence electrons. The van der Waals surface area contributed by atoms with E-state index in [1.54, 1.807) is 0 Å². The summed E-state index contributed by atoms with van der Waals surface area (Å²) in [6, 6.07) is 0. The van der Waals surface area contributed by atoms with Crippen LogP contribution >= 0.6 is 0 Å². The third-order valence-electron chi connectivity index (χ3n) is 11.8. The van der Waals surface area contributed by atoms with Crippen molar-refractivity contribution in [2.24, 2.45) is 52.3 Å². The van der Waals surface area contributed by atoms with E-state index in [1.807, 2.05) is 0 Å². The van der Waals surface area contributed by atoms with Gasteiger partial charge < -0.3 is 10.2 Å². The molecule has 0 heterocycles. The van der Waals surface area contributed by atoms with Gasteiger partial charge >= 0.3 is 0 Å². The highest BCUT2D eigenvalue weighted by molar-refractivity contribution is 5.11. The van der Waals surface area contributed by atoms with Crippen LogP contribution in [0.2, 0.25) is 0 Å². The summed E-state index contributed by atoms with van der Waals surface area (Å²) in [5, 5.41) is 21.9. The number of hydrogen-bond donors (Lipinski definition) is 2. The second kappa shape index (κ2) is 6.96. The lowest BCUT2D eigenvalue weighted by Gasteiger charge is -2.62. The van der Waals surface area contributed by atoms with Crippen LogP contribution in [0.5, 0.6) is 0 Å². The molecule has 5 aliphatic rings. The van der Waals surface area contributed by atoms with Crippen molar-refractivity contribution >= 4 is 0 Å². The zero-order valence-electron chi connectivity index (χ0n) is 19.5. The lowest BCUT2D eigenvalue weighted by atomic mass is 9.43. The third-order valence-corrected chi connectivity index (χ3v) is 11.8. The molecule has 0 aliphatic heterocycles. The maximum atomic E-state index is 11.0. The van der Waals surface area contributed by atoms with E-state index in [-0.39, 0.29) is 11.7 Å². The molecule has 0 saturated heterocycles. The summed E-state index contributed by atoms with van der Waals surface area (Å²) < 4.78 is 0. The fourth-order valence-corrected chi connectivity index (χ4v) is 9.65. The second-order valence-electron chi connectivity index (χ2n) is 12.9. The Morgan fingerprint density at radius 1 is 0.862 bits per heavy atom. The molecule has 2 N–H and O–H groups in total. The largest absolute Gasteiger partial charge is 0.393 e. The molecular weight excluding hydrogens is 356 g/mol. The minimum absolute atomic E-state index is 0.0494. The SMILES string of the molecule is CC[C@]1(O)CC[C@@]2(C)[C@@H](CC[C@@H]3[C@@H]2CC[C@]2(C)C([C@H](C)[C@@H](O)C4CC4)CC[C@@H]32)C1. The Kier molecular flexibility index (Phi) is 4.99. The predicted molar refractivity (Wildman–Crippen MR) is 118 cm³/mol. The van der Waals surface area contributed by atoms with Crippen LogP contribution in [0.25, 0.3) is 0 Å². The number of aliphatic hydroxyl groups is 2. The Morgan fingerprint density at radius 2 is 1.59 bits per heavy atom. The van der Waals surface area contributed by atoms with Crippen molar-refractivity contribution in [3.63, 3.8) is 0 Å². The van der Waals surface area contributed by atoms with Crippen LogP contribution in [0.3, 0.4) is 0 Å². The minimum atomic E-state index is -0.382. The average molecular weight is 403 g/mol. The first-order valence-corrected chi connectivity index (χ1v) is 13.1. The van der Waals surface area contributed by atoms with E-state index in [4.69, 9.17) is 0 Å². The van der Waals surface area contributed by atoms with E-state index in [0.717, 1.165) is 48.9 Å². The van der Waals surface area contributed by atoms with Crippen molar-refractivity contribution in [2.45, 2.75) is 116 Å². The third kappa shape index (κ3) is 3.09. The molecule has 0 bridgehead atoms. The molecule has 5 saturated carbocycles. The molecule has 1 unspecified atom stereocenters. The minimum Gasteiger partial charge on any atom is -0.393 e. The first kappa shape index (κ1) is 20.8. The summed E-state index contributed by atoms with van der Waals surface area (Å²) in [6.07, 6.45) is 15.0. The van der Waals surface area contributed by atoms with Gasteiger partial charge in [-0.2, -0.15) is 0 Å². The van der Waals surface area contributed by atoms with Gasteiger partial charge in [0.2, 0.25) is 0 Å². The molecule has 5 rings (SSSR count). The molecule has 0 aromatic rings. The fraction of sp³-hybridized carbons (Fsp3) is 1.00. The van der Waals surface area contributed by atoms with Crippen LogP contribution in [-0.4, -0.2) is 21.9 Å². The van der Waals surface area contributed by atoms with Crippen molar-refractivity contribution in [3.8, 4) is 0 Å². The van der Waals surface area contributed by atoms with Crippen LogP contribution < -0.4 is 0 Å². The summed E-state index contributed by atoms with van der Waals surface area (Å²) in [5.74, 6) is 5.21. The predicted octanol–water partition coefficient (Wildman–Crippen LogP) is 6.19. The van der Waals surface area contributed by atoms with Crippen molar-refractivity contribution < 1.29 is 10.2 Å². The summed E-state index contributed by atoms with van der Waals surface area (Å²) in [5.41, 5.74) is 0.536. The Hall–Kier alpha value is -0.0800. The van der Waals surface area contributed by atoms with E-state index in [2.05, 4.69) is 27.7 Å². The lowest BCUT2D eigenvalue weighted by Crippen LogP contribution is -2.56. The molecule has 5 fully saturated rings. The second-order valence-corrected chi connectivity index (χ2v) is 12.9. The molecule has 5 aliphatic carbocycles. The summed E-state index contributed by atoms with van der Waals surface area (Å²) in [4.78, 5) is 0. The smallest absolute Gasteiger partial charge is 0.0648 e. The maximum Gasteiger partial charge on any atom is 0.0648 e. The van der Waals surface area contributed by atoms with Gasteiger partial charge in [-0.1, -0.05) is 27.7 Å². The van der Waals surface area contributed by atoms with E-state index in [0.29, 0.717) is 22.7 Å². The summed E-state index contributed by atoms with van der Waals surface area (Å²) in [7, 11) is 0. The Morgan fingerprint density at radius 3 is 2.28 bits per heavy atom. The molecule has 0 spiro atoms. The number of rotatable bonds is 4. The summed E-state index contributed by atoms with van der Waals surface area (Å²) in [6.45, 7) is 9.78. The van der Waals surface area contributed by atoms with E-state index in [1.165, 1.54) is 57.8 Å². The molecule has 0 aromatic heterocycles. The molecule has 2 nitrogen and oxygen atoms in total.